The zero-order chi connectivity index (χ0) is 22.7. The number of anilines is 1. The maximum atomic E-state index is 13.0. The molecule has 0 radical (unpaired) electrons. The van der Waals surface area contributed by atoms with Crippen LogP contribution in [0.1, 0.15) is 37.9 Å². The molecule has 0 saturated carbocycles. The first-order valence-corrected chi connectivity index (χ1v) is 11.1. The van der Waals surface area contributed by atoms with E-state index in [1.807, 2.05) is 65.4 Å². The van der Waals surface area contributed by atoms with Crippen molar-refractivity contribution in [2.24, 2.45) is 7.05 Å². The van der Waals surface area contributed by atoms with Crippen molar-refractivity contribution in [1.82, 2.24) is 29.4 Å². The Morgan fingerprint density at radius 2 is 1.91 bits per heavy atom. The minimum absolute atomic E-state index is 0.0140. The first-order valence-electron chi connectivity index (χ1n) is 11.1. The molecule has 0 spiro atoms. The molecular weight excluding hydrogens is 406 g/mol. The van der Waals surface area contributed by atoms with Gasteiger partial charge in [0.05, 0.1) is 0 Å². The van der Waals surface area contributed by atoms with Gasteiger partial charge in [0.2, 0.25) is 11.8 Å². The van der Waals surface area contributed by atoms with Crippen LogP contribution in [0.5, 0.6) is 0 Å². The number of carbonyl (C=O) groups excluding carboxylic acids is 2. The predicted molar refractivity (Wildman–Crippen MR) is 121 cm³/mol. The monoisotopic (exact) mass is 435 g/mol. The molecule has 0 bridgehead atoms. The molecule has 9 nitrogen and oxygen atoms in total. The molecule has 0 fully saturated rings. The Morgan fingerprint density at radius 1 is 1.12 bits per heavy atom. The molecular formula is C23H29N7O2. The number of hydrogen-bond acceptors (Lipinski definition) is 5. The van der Waals surface area contributed by atoms with E-state index in [9.17, 15) is 9.59 Å². The van der Waals surface area contributed by atoms with Crippen molar-refractivity contribution in [3.63, 3.8) is 0 Å². The fourth-order valence-corrected chi connectivity index (χ4v) is 4.27. The Hall–Kier alpha value is -3.49. The highest BCUT2D eigenvalue weighted by atomic mass is 16.2. The molecule has 0 unspecified atom stereocenters. The molecule has 0 atom stereocenters. The Labute approximate surface area is 187 Å². The van der Waals surface area contributed by atoms with Crippen LogP contribution in [-0.4, -0.2) is 54.3 Å². The molecule has 9 heteroatoms. The Balaban J connectivity index is 1.45. The lowest BCUT2D eigenvalue weighted by Gasteiger charge is -2.28. The van der Waals surface area contributed by atoms with Crippen LogP contribution in [0.4, 0.5) is 5.69 Å². The SMILES string of the molecule is CCN(C(=O)CCC(=O)N1CCc2c(c(-c3nncn3CC)nn2C)C1)c1ccccc1. The van der Waals surface area contributed by atoms with E-state index in [4.69, 9.17) is 0 Å². The van der Waals surface area contributed by atoms with Gasteiger partial charge in [-0.1, -0.05) is 18.2 Å². The van der Waals surface area contributed by atoms with Crippen molar-refractivity contribution >= 4 is 17.5 Å². The van der Waals surface area contributed by atoms with E-state index in [-0.39, 0.29) is 24.7 Å². The molecule has 4 rings (SSSR count). The number of amides is 2. The van der Waals surface area contributed by atoms with Gasteiger partial charge in [0.25, 0.3) is 0 Å². The van der Waals surface area contributed by atoms with E-state index < -0.39 is 0 Å². The molecule has 2 amide bonds. The summed E-state index contributed by atoms with van der Waals surface area (Å²) < 4.78 is 3.83. The number of hydrogen-bond donors (Lipinski definition) is 0. The van der Waals surface area contributed by atoms with Crippen LogP contribution in [0.25, 0.3) is 11.5 Å². The third-order valence-corrected chi connectivity index (χ3v) is 6.00. The van der Waals surface area contributed by atoms with Crippen LogP contribution in [0, 0.1) is 0 Å². The summed E-state index contributed by atoms with van der Waals surface area (Å²) in [7, 11) is 1.92. The first-order chi connectivity index (χ1) is 15.5. The molecule has 2 aromatic heterocycles. The van der Waals surface area contributed by atoms with E-state index in [0.29, 0.717) is 19.6 Å². The summed E-state index contributed by atoms with van der Waals surface area (Å²) in [6, 6.07) is 9.56. The lowest BCUT2D eigenvalue weighted by atomic mass is 10.0. The Bertz CT molecular complexity index is 1100. The standard InChI is InChI=1S/C23H29N7O2/c1-4-28-16-24-25-23(28)22-18-15-29(14-13-19(18)27(3)26-22)20(31)11-12-21(32)30(5-2)17-9-7-6-8-10-17/h6-10,16H,4-5,11-15H2,1-3H3. The fraction of sp³-hybridized carbons (Fsp3) is 0.435. The highest BCUT2D eigenvalue weighted by Crippen LogP contribution is 2.29. The molecule has 3 aromatic rings. The molecule has 32 heavy (non-hydrogen) atoms. The van der Waals surface area contributed by atoms with Crippen LogP contribution in [-0.2, 0) is 36.1 Å². The average molecular weight is 436 g/mol. The Kier molecular flexibility index (Phi) is 6.34. The molecule has 3 heterocycles. The zero-order valence-corrected chi connectivity index (χ0v) is 18.9. The van der Waals surface area contributed by atoms with Gasteiger partial charge in [-0.05, 0) is 26.0 Å². The second kappa shape index (κ2) is 9.33. The highest BCUT2D eigenvalue weighted by molar-refractivity contribution is 5.95. The normalized spacial score (nSPS) is 13.2. The molecule has 0 saturated heterocycles. The van der Waals surface area contributed by atoms with Gasteiger partial charge in [0.15, 0.2) is 5.82 Å². The largest absolute Gasteiger partial charge is 0.338 e. The summed E-state index contributed by atoms with van der Waals surface area (Å²) in [6.45, 7) is 6.38. The van der Waals surface area contributed by atoms with E-state index >= 15 is 0 Å². The van der Waals surface area contributed by atoms with Gasteiger partial charge in [-0.3, -0.25) is 14.3 Å². The second-order valence-corrected chi connectivity index (χ2v) is 7.88. The van der Waals surface area contributed by atoms with Gasteiger partial charge in [-0.2, -0.15) is 5.10 Å². The van der Waals surface area contributed by atoms with Crippen molar-refractivity contribution in [2.45, 2.75) is 46.2 Å². The first kappa shape index (κ1) is 21.7. The average Bonchev–Trinajstić information content (AvgIpc) is 3.42. The molecule has 168 valence electrons. The van der Waals surface area contributed by atoms with Crippen LogP contribution >= 0.6 is 0 Å². The van der Waals surface area contributed by atoms with Crippen molar-refractivity contribution < 1.29 is 9.59 Å². The van der Waals surface area contributed by atoms with E-state index in [0.717, 1.165) is 41.4 Å². The van der Waals surface area contributed by atoms with Crippen LogP contribution in [0.15, 0.2) is 36.7 Å². The van der Waals surface area contributed by atoms with Crippen LogP contribution < -0.4 is 4.90 Å². The minimum Gasteiger partial charge on any atom is -0.338 e. The summed E-state index contributed by atoms with van der Waals surface area (Å²) in [6.07, 6.45) is 2.80. The van der Waals surface area contributed by atoms with Crippen molar-refractivity contribution in [2.75, 3.05) is 18.0 Å². The number of benzene rings is 1. The quantitative estimate of drug-likeness (QED) is 0.569. The molecule has 0 aliphatic carbocycles. The molecule has 1 aliphatic heterocycles. The van der Waals surface area contributed by atoms with Gasteiger partial charge in [-0.25, -0.2) is 0 Å². The van der Waals surface area contributed by atoms with E-state index in [1.54, 1.807) is 11.2 Å². The highest BCUT2D eigenvalue weighted by Gasteiger charge is 2.29. The summed E-state index contributed by atoms with van der Waals surface area (Å²) in [5.74, 6) is 0.665. The topological polar surface area (TPSA) is 89.2 Å². The van der Waals surface area contributed by atoms with E-state index in [2.05, 4.69) is 15.3 Å². The number of nitrogens with zero attached hydrogens (tertiary/aromatic N) is 7. The zero-order valence-electron chi connectivity index (χ0n) is 18.9. The number of para-hydroxylation sites is 1. The number of aryl methyl sites for hydroxylation is 2. The molecule has 0 N–H and O–H groups in total. The maximum absolute atomic E-state index is 13.0. The van der Waals surface area contributed by atoms with Gasteiger partial charge < -0.3 is 14.4 Å². The number of fused-ring (bicyclic) bond motifs is 1. The second-order valence-electron chi connectivity index (χ2n) is 7.88. The van der Waals surface area contributed by atoms with Crippen molar-refractivity contribution in [1.29, 1.82) is 0 Å². The summed E-state index contributed by atoms with van der Waals surface area (Å²) in [5.41, 5.74) is 3.76. The van der Waals surface area contributed by atoms with E-state index in [1.165, 1.54) is 0 Å². The lowest BCUT2D eigenvalue weighted by Crippen LogP contribution is -2.37. The number of aromatic nitrogens is 5. The van der Waals surface area contributed by atoms with Crippen molar-refractivity contribution in [3.05, 3.63) is 47.9 Å². The molecule has 1 aliphatic rings. The van der Waals surface area contributed by atoms with Gasteiger partial charge in [0.1, 0.15) is 12.0 Å². The van der Waals surface area contributed by atoms with Gasteiger partial charge in [-0.15, -0.1) is 10.2 Å². The predicted octanol–water partition coefficient (Wildman–Crippen LogP) is 2.42. The summed E-state index contributed by atoms with van der Waals surface area (Å²) >= 11 is 0. The number of carbonyl (C=O) groups is 2. The third kappa shape index (κ3) is 4.15. The summed E-state index contributed by atoms with van der Waals surface area (Å²) in [4.78, 5) is 29.3. The Morgan fingerprint density at radius 3 is 2.62 bits per heavy atom. The van der Waals surface area contributed by atoms with Gasteiger partial charge in [0, 0.05) is 69.4 Å². The van der Waals surface area contributed by atoms with Gasteiger partial charge >= 0.3 is 0 Å². The smallest absolute Gasteiger partial charge is 0.227 e. The summed E-state index contributed by atoms with van der Waals surface area (Å²) in [5, 5.41) is 12.9. The molecule has 1 aromatic carbocycles. The van der Waals surface area contributed by atoms with Crippen LogP contribution in [0.3, 0.4) is 0 Å². The number of rotatable bonds is 7. The van der Waals surface area contributed by atoms with Crippen LogP contribution in [0.2, 0.25) is 0 Å². The fourth-order valence-electron chi connectivity index (χ4n) is 4.27. The minimum atomic E-state index is -0.0390. The lowest BCUT2D eigenvalue weighted by molar-refractivity contribution is -0.134. The maximum Gasteiger partial charge on any atom is 0.227 e. The van der Waals surface area contributed by atoms with Crippen molar-refractivity contribution in [3.8, 4) is 11.5 Å². The third-order valence-electron chi connectivity index (χ3n) is 6.00.